The average molecular weight is 375 g/mol. The van der Waals surface area contributed by atoms with Crippen molar-refractivity contribution in [2.24, 2.45) is 10.8 Å². The van der Waals surface area contributed by atoms with E-state index in [0.717, 1.165) is 0 Å². The summed E-state index contributed by atoms with van der Waals surface area (Å²) in [7, 11) is 0. The van der Waals surface area contributed by atoms with Crippen LogP contribution in [0.15, 0.2) is 29.4 Å². The number of carbonyl (C=O) groups is 2. The molecule has 1 rings (SSSR count). The summed E-state index contributed by atoms with van der Waals surface area (Å²) < 4.78 is 15.9. The molecule has 1 atom stereocenters. The molecule has 0 aliphatic rings. The van der Waals surface area contributed by atoms with E-state index in [1.807, 2.05) is 0 Å². The van der Waals surface area contributed by atoms with Crippen LogP contribution < -0.4 is 15.8 Å². The van der Waals surface area contributed by atoms with Crippen LogP contribution in [0, 0.1) is 11.8 Å². The van der Waals surface area contributed by atoms with E-state index < -0.39 is 12.1 Å². The molecule has 0 fully saturated rings. The maximum absolute atomic E-state index is 11.4. The Labute approximate surface area is 156 Å². The van der Waals surface area contributed by atoms with Gasteiger partial charge in [0.05, 0.1) is 19.8 Å². The third-order valence-corrected chi connectivity index (χ3v) is 3.01. The Kier molecular flexibility index (Phi) is 10.5. The number of nitrogens with two attached hydrogens (primary N) is 1. The molecule has 0 spiro atoms. The van der Waals surface area contributed by atoms with Gasteiger partial charge in [-0.25, -0.2) is 0 Å². The first-order valence-corrected chi connectivity index (χ1v) is 7.99. The van der Waals surface area contributed by atoms with E-state index in [9.17, 15) is 9.59 Å². The predicted octanol–water partition coefficient (Wildman–Crippen LogP) is 0.973. The van der Waals surface area contributed by atoms with Crippen LogP contribution in [-0.2, 0) is 14.3 Å². The standard InChI is InChI=1S/C17H21N5O5/c1-2-3-7-20-15(23)11-25-8-9-26-16(21-22-19)12-27-14-6-4-5-13(10-14)17(18)24/h4-6,10,16H,7-9,11-12H2,1H3,(H2,18,24)(H,20,23). The molecular formula is C17H21N5O5. The number of azide groups is 1. The topological polar surface area (TPSA) is 149 Å². The zero-order chi connectivity index (χ0) is 19.9. The molecule has 0 bridgehead atoms. The van der Waals surface area contributed by atoms with Gasteiger partial charge in [-0.3, -0.25) is 9.59 Å². The SMILES string of the molecule is CC#CCNC(=O)COCCOC(COc1cccc(C(N)=O)c1)N=[N+]=[N-]. The number of rotatable bonds is 12. The fourth-order valence-electron chi connectivity index (χ4n) is 1.77. The van der Waals surface area contributed by atoms with Gasteiger partial charge in [-0.2, -0.15) is 0 Å². The van der Waals surface area contributed by atoms with Crippen molar-refractivity contribution in [2.45, 2.75) is 13.2 Å². The Morgan fingerprint density at radius 2 is 2.22 bits per heavy atom. The predicted molar refractivity (Wildman–Crippen MR) is 96.6 cm³/mol. The Bertz CT molecular complexity index is 737. The first-order valence-electron chi connectivity index (χ1n) is 7.99. The number of nitrogens with one attached hydrogen (secondary N) is 1. The molecule has 0 aromatic heterocycles. The number of ether oxygens (including phenoxy) is 3. The van der Waals surface area contributed by atoms with Crippen LogP contribution in [-0.4, -0.2) is 51.0 Å². The fourth-order valence-corrected chi connectivity index (χ4v) is 1.77. The van der Waals surface area contributed by atoms with Crippen molar-refractivity contribution in [1.82, 2.24) is 5.32 Å². The number of amides is 2. The van der Waals surface area contributed by atoms with Crippen molar-refractivity contribution in [1.29, 1.82) is 0 Å². The zero-order valence-electron chi connectivity index (χ0n) is 14.9. The minimum absolute atomic E-state index is 0.0670. The molecule has 1 aromatic carbocycles. The normalized spacial score (nSPS) is 10.7. The number of benzene rings is 1. The van der Waals surface area contributed by atoms with Crippen molar-refractivity contribution in [3.05, 3.63) is 40.3 Å². The van der Waals surface area contributed by atoms with Crippen LogP contribution in [0.25, 0.3) is 10.4 Å². The summed E-state index contributed by atoms with van der Waals surface area (Å²) >= 11 is 0. The molecule has 0 aliphatic carbocycles. The average Bonchev–Trinajstić information content (AvgIpc) is 2.66. The molecule has 10 nitrogen and oxygen atoms in total. The highest BCUT2D eigenvalue weighted by atomic mass is 16.6. The third-order valence-electron chi connectivity index (χ3n) is 3.01. The van der Waals surface area contributed by atoms with Gasteiger partial charge in [0.2, 0.25) is 11.8 Å². The molecule has 10 heteroatoms. The van der Waals surface area contributed by atoms with Gasteiger partial charge in [0, 0.05) is 10.5 Å². The summed E-state index contributed by atoms with van der Waals surface area (Å²) in [5.41, 5.74) is 14.1. The van der Waals surface area contributed by atoms with Gasteiger partial charge in [-0.15, -0.1) is 5.92 Å². The van der Waals surface area contributed by atoms with Gasteiger partial charge in [0.1, 0.15) is 19.0 Å². The van der Waals surface area contributed by atoms with Gasteiger partial charge in [-0.05, 0) is 30.7 Å². The summed E-state index contributed by atoms with van der Waals surface area (Å²) in [4.78, 5) is 25.2. The molecule has 1 unspecified atom stereocenters. The number of nitrogens with zero attached hydrogens (tertiary/aromatic N) is 3. The van der Waals surface area contributed by atoms with E-state index in [0.29, 0.717) is 11.3 Å². The fraction of sp³-hybridized carbons (Fsp3) is 0.412. The monoisotopic (exact) mass is 375 g/mol. The lowest BCUT2D eigenvalue weighted by Gasteiger charge is -2.14. The van der Waals surface area contributed by atoms with Crippen molar-refractivity contribution >= 4 is 11.8 Å². The van der Waals surface area contributed by atoms with Gasteiger partial charge in [0.15, 0.2) is 6.23 Å². The number of carbonyl (C=O) groups excluding carboxylic acids is 2. The van der Waals surface area contributed by atoms with Crippen LogP contribution >= 0.6 is 0 Å². The maximum atomic E-state index is 11.4. The summed E-state index contributed by atoms with van der Waals surface area (Å²) in [6.07, 6.45) is -0.899. The maximum Gasteiger partial charge on any atom is 0.248 e. The summed E-state index contributed by atoms with van der Waals surface area (Å²) in [6.45, 7) is 1.97. The Morgan fingerprint density at radius 3 is 2.93 bits per heavy atom. The van der Waals surface area contributed by atoms with Crippen molar-refractivity contribution < 1.29 is 23.8 Å². The minimum atomic E-state index is -0.899. The molecule has 0 saturated heterocycles. The molecule has 2 amide bonds. The second-order valence-corrected chi connectivity index (χ2v) is 4.99. The van der Waals surface area contributed by atoms with Crippen LogP contribution in [0.5, 0.6) is 5.75 Å². The smallest absolute Gasteiger partial charge is 0.248 e. The summed E-state index contributed by atoms with van der Waals surface area (Å²) in [5.74, 6) is 4.87. The second-order valence-electron chi connectivity index (χ2n) is 4.99. The van der Waals surface area contributed by atoms with Crippen LogP contribution in [0.2, 0.25) is 0 Å². The van der Waals surface area contributed by atoms with Crippen LogP contribution in [0.4, 0.5) is 0 Å². The van der Waals surface area contributed by atoms with Crippen molar-refractivity contribution in [3.63, 3.8) is 0 Å². The molecular weight excluding hydrogens is 354 g/mol. The second kappa shape index (κ2) is 13.0. The first kappa shape index (κ1) is 21.8. The van der Waals surface area contributed by atoms with Gasteiger partial charge in [0.25, 0.3) is 0 Å². The number of hydrogen-bond acceptors (Lipinski definition) is 6. The number of hydrogen-bond donors (Lipinski definition) is 2. The lowest BCUT2D eigenvalue weighted by molar-refractivity contribution is -0.126. The lowest BCUT2D eigenvalue weighted by Crippen LogP contribution is -2.29. The highest BCUT2D eigenvalue weighted by Crippen LogP contribution is 2.13. The van der Waals surface area contributed by atoms with E-state index in [4.69, 9.17) is 25.5 Å². The molecule has 0 radical (unpaired) electrons. The van der Waals surface area contributed by atoms with E-state index in [2.05, 4.69) is 27.2 Å². The highest BCUT2D eigenvalue weighted by Gasteiger charge is 2.09. The Balaban J connectivity index is 2.32. The van der Waals surface area contributed by atoms with Crippen LogP contribution in [0.1, 0.15) is 17.3 Å². The molecule has 27 heavy (non-hydrogen) atoms. The molecule has 144 valence electrons. The molecule has 0 saturated carbocycles. The largest absolute Gasteiger partial charge is 0.491 e. The quantitative estimate of drug-likeness (QED) is 0.184. The van der Waals surface area contributed by atoms with Crippen molar-refractivity contribution in [2.75, 3.05) is 33.0 Å². The summed E-state index contributed by atoms with van der Waals surface area (Å²) in [5, 5.41) is 6.03. The van der Waals surface area contributed by atoms with Crippen LogP contribution in [0.3, 0.4) is 0 Å². The molecule has 0 aliphatic heterocycles. The van der Waals surface area contributed by atoms with E-state index in [1.54, 1.807) is 25.1 Å². The zero-order valence-corrected chi connectivity index (χ0v) is 14.9. The first-order chi connectivity index (χ1) is 13.1. The van der Waals surface area contributed by atoms with Gasteiger partial charge in [-0.1, -0.05) is 17.1 Å². The third kappa shape index (κ3) is 9.72. The Hall–Kier alpha value is -3.25. The Morgan fingerprint density at radius 1 is 1.41 bits per heavy atom. The molecule has 3 N–H and O–H groups in total. The van der Waals surface area contributed by atoms with Gasteiger partial charge < -0.3 is 25.3 Å². The highest BCUT2D eigenvalue weighted by molar-refractivity contribution is 5.93. The van der Waals surface area contributed by atoms with Gasteiger partial charge >= 0.3 is 0 Å². The lowest BCUT2D eigenvalue weighted by atomic mass is 10.2. The van der Waals surface area contributed by atoms with E-state index >= 15 is 0 Å². The molecule has 1 aromatic rings. The molecule has 0 heterocycles. The van der Waals surface area contributed by atoms with E-state index in [1.165, 1.54) is 6.07 Å². The minimum Gasteiger partial charge on any atom is -0.491 e. The van der Waals surface area contributed by atoms with Crippen molar-refractivity contribution in [3.8, 4) is 17.6 Å². The summed E-state index contributed by atoms with van der Waals surface area (Å²) in [6, 6.07) is 6.27. The number of primary amides is 1. The van der Waals surface area contributed by atoms with E-state index in [-0.39, 0.29) is 38.9 Å².